The van der Waals surface area contributed by atoms with E-state index in [0.717, 1.165) is 45.3 Å². The smallest absolute Gasteiger partial charge is 0.405 e. The van der Waals surface area contributed by atoms with Gasteiger partial charge in [-0.1, -0.05) is 38.1 Å². The summed E-state index contributed by atoms with van der Waals surface area (Å²) >= 11 is 2.36. The molecular weight excluding hydrogens is 519 g/mol. The van der Waals surface area contributed by atoms with Gasteiger partial charge in [-0.15, -0.1) is 24.5 Å². The Morgan fingerprint density at radius 1 is 1.05 bits per heavy atom. The number of fused-ring (bicyclic) bond motifs is 1. The van der Waals surface area contributed by atoms with Crippen molar-refractivity contribution in [2.45, 2.75) is 39.0 Å². The van der Waals surface area contributed by atoms with E-state index in [1.54, 1.807) is 17.4 Å². The van der Waals surface area contributed by atoms with Crippen molar-refractivity contribution in [3.05, 3.63) is 86.0 Å². The Bertz CT molecular complexity index is 1490. The molecule has 2 amide bonds. The summed E-state index contributed by atoms with van der Waals surface area (Å²) in [6, 6.07) is 12.2. The van der Waals surface area contributed by atoms with Crippen molar-refractivity contribution in [1.82, 2.24) is 5.32 Å². The third-order valence-electron chi connectivity index (χ3n) is 6.45. The van der Waals surface area contributed by atoms with E-state index in [1.807, 2.05) is 36.6 Å². The number of thiophene rings is 1. The second-order valence-electron chi connectivity index (χ2n) is 9.55. The minimum atomic E-state index is -4.88. The molecule has 1 fully saturated rings. The van der Waals surface area contributed by atoms with Gasteiger partial charge in [-0.25, -0.2) is 0 Å². The third kappa shape index (κ3) is 5.10. The van der Waals surface area contributed by atoms with Gasteiger partial charge in [0.05, 0.1) is 4.91 Å². The van der Waals surface area contributed by atoms with Crippen LogP contribution in [-0.2, 0) is 10.2 Å². The predicted octanol–water partition coefficient (Wildman–Crippen LogP) is 8.06. The zero-order valence-electron chi connectivity index (χ0n) is 20.2. The molecule has 1 aliphatic carbocycles. The molecule has 1 N–H and O–H groups in total. The number of carbonyl (C=O) groups excluding carboxylic acids is 2. The van der Waals surface area contributed by atoms with E-state index in [0.29, 0.717) is 11.1 Å². The lowest BCUT2D eigenvalue weighted by atomic mass is 9.71. The Hall–Kier alpha value is -3.30. The van der Waals surface area contributed by atoms with Crippen LogP contribution in [0.4, 0.5) is 18.0 Å². The van der Waals surface area contributed by atoms with Crippen LogP contribution in [0.5, 0.6) is 5.75 Å². The molecular formula is C28H22F3NO3S2. The van der Waals surface area contributed by atoms with Gasteiger partial charge in [0.1, 0.15) is 5.75 Å². The van der Waals surface area contributed by atoms with Crippen LogP contribution in [0.1, 0.15) is 47.4 Å². The van der Waals surface area contributed by atoms with Crippen LogP contribution >= 0.6 is 23.1 Å². The molecule has 1 aliphatic heterocycles. The Morgan fingerprint density at radius 2 is 1.84 bits per heavy atom. The van der Waals surface area contributed by atoms with Crippen LogP contribution in [-0.4, -0.2) is 17.5 Å². The van der Waals surface area contributed by atoms with Crippen molar-refractivity contribution in [2.75, 3.05) is 0 Å². The maximum absolute atomic E-state index is 13.3. The van der Waals surface area contributed by atoms with Crippen molar-refractivity contribution in [2.24, 2.45) is 0 Å². The van der Waals surface area contributed by atoms with Gasteiger partial charge in [0.15, 0.2) is 0 Å². The van der Waals surface area contributed by atoms with Crippen molar-refractivity contribution in [3.8, 4) is 16.9 Å². The second kappa shape index (κ2) is 9.22. The number of allylic oxidation sites excluding steroid dienone is 1. The number of imide groups is 1. The van der Waals surface area contributed by atoms with Crippen molar-refractivity contribution < 1.29 is 27.5 Å². The molecule has 0 atom stereocenters. The van der Waals surface area contributed by atoms with Crippen LogP contribution < -0.4 is 10.1 Å². The van der Waals surface area contributed by atoms with E-state index in [4.69, 9.17) is 0 Å². The van der Waals surface area contributed by atoms with Gasteiger partial charge in [0.25, 0.3) is 11.1 Å². The first-order chi connectivity index (χ1) is 17.4. The number of nitrogens with one attached hydrogen (secondary N) is 1. The minimum absolute atomic E-state index is 0.142. The van der Waals surface area contributed by atoms with Gasteiger partial charge < -0.3 is 4.74 Å². The van der Waals surface area contributed by atoms with Crippen LogP contribution in [0.3, 0.4) is 0 Å². The van der Waals surface area contributed by atoms with E-state index in [-0.39, 0.29) is 21.6 Å². The van der Waals surface area contributed by atoms with Gasteiger partial charge in [-0.3, -0.25) is 14.9 Å². The highest BCUT2D eigenvalue weighted by Crippen LogP contribution is 2.46. The highest BCUT2D eigenvalue weighted by molar-refractivity contribution is 8.18. The number of alkyl halides is 3. The summed E-state index contributed by atoms with van der Waals surface area (Å²) in [6.07, 6.45) is -0.363. The molecule has 0 saturated carbocycles. The summed E-state index contributed by atoms with van der Waals surface area (Å²) < 4.78 is 44.5. The fraction of sp³-hybridized carbons (Fsp3) is 0.214. The van der Waals surface area contributed by atoms with Gasteiger partial charge in [-0.05, 0) is 99.6 Å². The molecule has 0 bridgehead atoms. The lowest BCUT2D eigenvalue weighted by molar-refractivity contribution is -0.274. The van der Waals surface area contributed by atoms with E-state index in [2.05, 4.69) is 30.0 Å². The highest BCUT2D eigenvalue weighted by Gasteiger charge is 2.34. The largest absolute Gasteiger partial charge is 0.573 e. The predicted molar refractivity (Wildman–Crippen MR) is 141 cm³/mol. The Balaban J connectivity index is 1.70. The van der Waals surface area contributed by atoms with Crippen LogP contribution in [0, 0.1) is 6.92 Å². The third-order valence-corrected chi connectivity index (χ3v) is 8.16. The summed E-state index contributed by atoms with van der Waals surface area (Å²) in [4.78, 5) is 24.8. The van der Waals surface area contributed by atoms with E-state index >= 15 is 0 Å². The molecule has 1 aromatic heterocycles. The SMILES string of the molecule is Cc1cc2c(cc1-c1cc(/C=C3/SC(=O)NC3=O)ccc1OC(F)(F)F)C(c1cccs1)=CCC2(C)C. The van der Waals surface area contributed by atoms with E-state index < -0.39 is 17.5 Å². The number of carbonyl (C=O) groups is 2. The van der Waals surface area contributed by atoms with Crippen molar-refractivity contribution in [3.63, 3.8) is 0 Å². The average Bonchev–Trinajstić information content (AvgIpc) is 3.44. The molecule has 0 radical (unpaired) electrons. The molecule has 2 aromatic carbocycles. The first-order valence-electron chi connectivity index (χ1n) is 11.5. The van der Waals surface area contributed by atoms with E-state index in [9.17, 15) is 22.8 Å². The molecule has 190 valence electrons. The summed E-state index contributed by atoms with van der Waals surface area (Å²) in [6.45, 7) is 6.18. The number of halogens is 3. The Morgan fingerprint density at radius 3 is 2.49 bits per heavy atom. The minimum Gasteiger partial charge on any atom is -0.405 e. The Kier molecular flexibility index (Phi) is 6.32. The normalized spacial score (nSPS) is 18.0. The van der Waals surface area contributed by atoms with Crippen molar-refractivity contribution in [1.29, 1.82) is 0 Å². The van der Waals surface area contributed by atoms with Crippen molar-refractivity contribution >= 4 is 45.9 Å². The summed E-state index contributed by atoms with van der Waals surface area (Å²) in [5, 5.41) is 3.69. The quantitative estimate of drug-likeness (QED) is 0.340. The second-order valence-corrected chi connectivity index (χ2v) is 11.5. The molecule has 0 unspecified atom stereocenters. The molecule has 0 spiro atoms. The molecule has 3 aromatic rings. The standard InChI is InChI=1S/C28H22F3NO3S2/c1-15-11-21-19(17(8-9-27(21,2)3)23-5-4-10-36-23)14-18(15)20-12-16(6-7-22(20)35-28(29,30)31)13-24-25(33)32-26(34)37-24/h4-8,10-14H,9H2,1-3H3,(H,32,33,34)/b24-13+. The number of ether oxygens (including phenoxy) is 1. The number of amides is 2. The van der Waals surface area contributed by atoms with Gasteiger partial charge in [0, 0.05) is 10.4 Å². The average molecular weight is 542 g/mol. The monoisotopic (exact) mass is 541 g/mol. The molecule has 5 rings (SSSR count). The molecule has 9 heteroatoms. The molecule has 4 nitrogen and oxygen atoms in total. The summed E-state index contributed by atoms with van der Waals surface area (Å²) in [5.74, 6) is -0.876. The maximum Gasteiger partial charge on any atom is 0.573 e. The fourth-order valence-electron chi connectivity index (χ4n) is 4.66. The topological polar surface area (TPSA) is 55.4 Å². The van der Waals surface area contributed by atoms with Gasteiger partial charge in [-0.2, -0.15) is 0 Å². The Labute approximate surface area is 220 Å². The lowest BCUT2D eigenvalue weighted by Gasteiger charge is -2.33. The summed E-state index contributed by atoms with van der Waals surface area (Å²) in [5.41, 5.74) is 5.14. The van der Waals surface area contributed by atoms with Crippen LogP contribution in [0.25, 0.3) is 22.8 Å². The molecule has 1 saturated heterocycles. The zero-order valence-corrected chi connectivity index (χ0v) is 21.8. The number of rotatable bonds is 4. The maximum atomic E-state index is 13.3. The fourth-order valence-corrected chi connectivity index (χ4v) is 6.12. The number of thioether (sulfide) groups is 1. The molecule has 37 heavy (non-hydrogen) atoms. The number of aryl methyl sites for hydroxylation is 1. The first kappa shape index (κ1) is 25.4. The van der Waals surface area contributed by atoms with E-state index in [1.165, 1.54) is 18.2 Å². The van der Waals surface area contributed by atoms with Gasteiger partial charge in [0.2, 0.25) is 0 Å². The number of benzene rings is 2. The van der Waals surface area contributed by atoms with Crippen LogP contribution in [0.15, 0.2) is 58.8 Å². The number of hydrogen-bond acceptors (Lipinski definition) is 5. The van der Waals surface area contributed by atoms with Crippen LogP contribution in [0.2, 0.25) is 0 Å². The lowest BCUT2D eigenvalue weighted by Crippen LogP contribution is -2.22. The summed E-state index contributed by atoms with van der Waals surface area (Å²) in [7, 11) is 0. The molecule has 2 heterocycles. The van der Waals surface area contributed by atoms with Gasteiger partial charge >= 0.3 is 6.36 Å². The first-order valence-corrected chi connectivity index (χ1v) is 13.2. The highest BCUT2D eigenvalue weighted by atomic mass is 32.2. The molecule has 2 aliphatic rings. The zero-order chi connectivity index (χ0) is 26.5. The number of hydrogen-bond donors (Lipinski definition) is 1.